The van der Waals surface area contributed by atoms with Crippen molar-refractivity contribution in [1.29, 1.82) is 5.26 Å². The van der Waals surface area contributed by atoms with Gasteiger partial charge >= 0.3 is 0 Å². The second-order valence-corrected chi connectivity index (χ2v) is 6.00. The van der Waals surface area contributed by atoms with E-state index in [1.165, 1.54) is 6.42 Å². The maximum Gasteiger partial charge on any atom is 0.108 e. The van der Waals surface area contributed by atoms with Gasteiger partial charge in [-0.25, -0.2) is 0 Å². The SMILES string of the molecule is CC(C)NC1(C#N)CCCC(N(C)C(C)C)C1. The van der Waals surface area contributed by atoms with Crippen LogP contribution in [-0.4, -0.2) is 35.6 Å². The van der Waals surface area contributed by atoms with Gasteiger partial charge in [0.15, 0.2) is 0 Å². The molecule has 1 N–H and O–H groups in total. The predicted molar refractivity (Wildman–Crippen MR) is 71.8 cm³/mol. The summed E-state index contributed by atoms with van der Waals surface area (Å²) in [6.45, 7) is 8.68. The lowest BCUT2D eigenvalue weighted by Gasteiger charge is -2.42. The second-order valence-electron chi connectivity index (χ2n) is 6.00. The molecule has 3 nitrogen and oxygen atoms in total. The Kier molecular flexibility index (Phi) is 4.97. The molecule has 3 heteroatoms. The smallest absolute Gasteiger partial charge is 0.108 e. The highest BCUT2D eigenvalue weighted by atomic mass is 15.2. The highest BCUT2D eigenvalue weighted by molar-refractivity contribution is 5.11. The standard InChI is InChI=1S/C14H27N3/c1-11(2)16-14(10-15)8-6-7-13(9-14)17(5)12(3)4/h11-13,16H,6-9H2,1-5H3. The number of hydrogen-bond donors (Lipinski definition) is 1. The monoisotopic (exact) mass is 237 g/mol. The lowest BCUT2D eigenvalue weighted by atomic mass is 9.78. The van der Waals surface area contributed by atoms with E-state index in [4.69, 9.17) is 0 Å². The van der Waals surface area contributed by atoms with Crippen LogP contribution in [0.5, 0.6) is 0 Å². The van der Waals surface area contributed by atoms with E-state index in [1.54, 1.807) is 0 Å². The lowest BCUT2D eigenvalue weighted by molar-refractivity contribution is 0.115. The van der Waals surface area contributed by atoms with Crippen molar-refractivity contribution >= 4 is 0 Å². The zero-order valence-electron chi connectivity index (χ0n) is 12.0. The van der Waals surface area contributed by atoms with Crippen LogP contribution in [0.1, 0.15) is 53.4 Å². The highest BCUT2D eigenvalue weighted by Gasteiger charge is 2.38. The molecular formula is C14H27N3. The van der Waals surface area contributed by atoms with E-state index in [1.807, 2.05) is 0 Å². The molecule has 0 amide bonds. The molecule has 1 aliphatic rings. The quantitative estimate of drug-likeness (QED) is 0.816. The topological polar surface area (TPSA) is 39.1 Å². The third-order valence-corrected chi connectivity index (χ3v) is 3.89. The largest absolute Gasteiger partial charge is 0.301 e. The summed E-state index contributed by atoms with van der Waals surface area (Å²) in [5.74, 6) is 0. The first-order valence-electron chi connectivity index (χ1n) is 6.81. The summed E-state index contributed by atoms with van der Waals surface area (Å²) in [5, 5.41) is 13.0. The van der Waals surface area contributed by atoms with Crippen LogP contribution in [0.15, 0.2) is 0 Å². The van der Waals surface area contributed by atoms with E-state index in [2.05, 4.69) is 51.0 Å². The van der Waals surface area contributed by atoms with Gasteiger partial charge in [-0.1, -0.05) is 0 Å². The first-order chi connectivity index (χ1) is 7.90. The fourth-order valence-electron chi connectivity index (χ4n) is 2.83. The molecule has 1 fully saturated rings. The summed E-state index contributed by atoms with van der Waals surface area (Å²) >= 11 is 0. The summed E-state index contributed by atoms with van der Waals surface area (Å²) in [5.41, 5.74) is -0.305. The molecule has 98 valence electrons. The molecular weight excluding hydrogens is 210 g/mol. The van der Waals surface area contributed by atoms with Gasteiger partial charge in [0.2, 0.25) is 0 Å². The van der Waals surface area contributed by atoms with Crippen LogP contribution in [0.4, 0.5) is 0 Å². The van der Waals surface area contributed by atoms with Gasteiger partial charge in [0.25, 0.3) is 0 Å². The van der Waals surface area contributed by atoms with Gasteiger partial charge in [0.05, 0.1) is 6.07 Å². The van der Waals surface area contributed by atoms with Crippen molar-refractivity contribution in [3.63, 3.8) is 0 Å². The Bertz CT molecular complexity index is 280. The van der Waals surface area contributed by atoms with Crippen molar-refractivity contribution in [2.75, 3.05) is 7.05 Å². The predicted octanol–water partition coefficient (Wildman–Crippen LogP) is 2.53. The number of hydrogen-bond acceptors (Lipinski definition) is 3. The van der Waals surface area contributed by atoms with Crippen molar-refractivity contribution in [3.8, 4) is 6.07 Å². The molecule has 0 aromatic heterocycles. The Morgan fingerprint density at radius 2 is 2.00 bits per heavy atom. The Hall–Kier alpha value is -0.590. The molecule has 0 bridgehead atoms. The summed E-state index contributed by atoms with van der Waals surface area (Å²) in [7, 11) is 2.18. The number of nitrogens with zero attached hydrogens (tertiary/aromatic N) is 2. The van der Waals surface area contributed by atoms with E-state index >= 15 is 0 Å². The molecule has 1 aliphatic carbocycles. The Balaban J connectivity index is 2.73. The highest BCUT2D eigenvalue weighted by Crippen LogP contribution is 2.31. The average molecular weight is 237 g/mol. The average Bonchev–Trinajstić information content (AvgIpc) is 2.27. The fraction of sp³-hybridized carbons (Fsp3) is 0.929. The van der Waals surface area contributed by atoms with Crippen LogP contribution in [0.2, 0.25) is 0 Å². The molecule has 0 radical (unpaired) electrons. The van der Waals surface area contributed by atoms with E-state index in [0.29, 0.717) is 18.1 Å². The third-order valence-electron chi connectivity index (χ3n) is 3.89. The summed E-state index contributed by atoms with van der Waals surface area (Å²) in [6, 6.07) is 3.99. The van der Waals surface area contributed by atoms with Gasteiger partial charge in [0, 0.05) is 18.1 Å². The van der Waals surface area contributed by atoms with Crippen LogP contribution in [0.3, 0.4) is 0 Å². The van der Waals surface area contributed by atoms with Crippen molar-refractivity contribution in [3.05, 3.63) is 0 Å². The molecule has 0 aromatic carbocycles. The molecule has 0 saturated heterocycles. The molecule has 1 saturated carbocycles. The van der Waals surface area contributed by atoms with E-state index < -0.39 is 0 Å². The summed E-state index contributed by atoms with van der Waals surface area (Å²) in [6.07, 6.45) is 4.31. The first-order valence-corrected chi connectivity index (χ1v) is 6.81. The van der Waals surface area contributed by atoms with Gasteiger partial charge in [-0.3, -0.25) is 5.32 Å². The molecule has 0 aliphatic heterocycles. The molecule has 0 aromatic rings. The van der Waals surface area contributed by atoms with Crippen LogP contribution in [0.25, 0.3) is 0 Å². The fourth-order valence-corrected chi connectivity index (χ4v) is 2.83. The zero-order chi connectivity index (χ0) is 13.1. The third kappa shape index (κ3) is 3.69. The van der Waals surface area contributed by atoms with E-state index in [0.717, 1.165) is 19.3 Å². The van der Waals surface area contributed by atoms with E-state index in [-0.39, 0.29) is 5.54 Å². The number of nitrogens with one attached hydrogen (secondary N) is 1. The van der Waals surface area contributed by atoms with Gasteiger partial charge < -0.3 is 4.90 Å². The minimum absolute atomic E-state index is 0.305. The Labute approximate surface area is 106 Å². The van der Waals surface area contributed by atoms with E-state index in [9.17, 15) is 5.26 Å². The molecule has 17 heavy (non-hydrogen) atoms. The van der Waals surface area contributed by atoms with Crippen molar-refractivity contribution < 1.29 is 0 Å². The molecule has 0 heterocycles. The van der Waals surface area contributed by atoms with Crippen LogP contribution >= 0.6 is 0 Å². The van der Waals surface area contributed by atoms with Crippen LogP contribution in [-0.2, 0) is 0 Å². The maximum absolute atomic E-state index is 9.50. The van der Waals surface area contributed by atoms with Gasteiger partial charge in [-0.2, -0.15) is 5.26 Å². The molecule has 0 spiro atoms. The van der Waals surface area contributed by atoms with Crippen LogP contribution in [0, 0.1) is 11.3 Å². The van der Waals surface area contributed by atoms with Crippen molar-refractivity contribution in [2.24, 2.45) is 0 Å². The van der Waals surface area contributed by atoms with Gasteiger partial charge in [-0.05, 0) is 60.4 Å². The molecule has 2 atom stereocenters. The van der Waals surface area contributed by atoms with Crippen molar-refractivity contribution in [2.45, 2.75) is 77.0 Å². The maximum atomic E-state index is 9.50. The zero-order valence-corrected chi connectivity index (χ0v) is 12.0. The number of rotatable bonds is 4. The Morgan fingerprint density at radius 3 is 2.47 bits per heavy atom. The normalized spacial score (nSPS) is 29.9. The summed E-state index contributed by atoms with van der Waals surface area (Å²) < 4.78 is 0. The molecule has 1 rings (SSSR count). The van der Waals surface area contributed by atoms with Crippen molar-refractivity contribution in [1.82, 2.24) is 10.2 Å². The Morgan fingerprint density at radius 1 is 1.35 bits per heavy atom. The van der Waals surface area contributed by atoms with Gasteiger partial charge in [0.1, 0.15) is 5.54 Å². The second kappa shape index (κ2) is 5.84. The lowest BCUT2D eigenvalue weighted by Crippen LogP contribution is -2.55. The van der Waals surface area contributed by atoms with Gasteiger partial charge in [-0.15, -0.1) is 0 Å². The minimum atomic E-state index is -0.305. The van der Waals surface area contributed by atoms with Crippen LogP contribution < -0.4 is 5.32 Å². The molecule has 2 unspecified atom stereocenters. The summed E-state index contributed by atoms with van der Waals surface area (Å²) in [4.78, 5) is 2.41. The first kappa shape index (κ1) is 14.5. The minimum Gasteiger partial charge on any atom is -0.301 e. The number of nitriles is 1.